The molecule has 0 aromatic heterocycles. The number of aliphatic hydroxyl groups excluding tert-OH is 2. The fraction of sp³-hybridized carbons (Fsp3) is 0.455. The second-order valence-electron chi connectivity index (χ2n) is 7.38. The maximum Gasteiger partial charge on any atom is 0.184 e. The van der Waals surface area contributed by atoms with Crippen molar-refractivity contribution in [2.45, 2.75) is 50.8 Å². The van der Waals surface area contributed by atoms with E-state index in [-0.39, 0.29) is 0 Å². The largest absolute Gasteiger partial charge is 0.394 e. The molecular weight excluding hydrogens is 360 g/mol. The van der Waals surface area contributed by atoms with Gasteiger partial charge in [-0.25, -0.2) is 0 Å². The SMILES string of the molecule is Cc1ccc(C2OC([C@@H](O)CO)[C@H]3OC(c4ccccc4)OC[C@H]3O2)cc1C. The van der Waals surface area contributed by atoms with Crippen molar-refractivity contribution in [3.63, 3.8) is 0 Å². The van der Waals surface area contributed by atoms with E-state index < -0.39 is 43.6 Å². The number of hydrogen-bond acceptors (Lipinski definition) is 6. The molecule has 150 valence electrons. The van der Waals surface area contributed by atoms with E-state index >= 15 is 0 Å². The van der Waals surface area contributed by atoms with Crippen LogP contribution in [0, 0.1) is 13.8 Å². The molecule has 2 N–H and O–H groups in total. The first kappa shape index (κ1) is 19.5. The van der Waals surface area contributed by atoms with Gasteiger partial charge in [0.15, 0.2) is 12.6 Å². The van der Waals surface area contributed by atoms with Gasteiger partial charge in [0.1, 0.15) is 24.4 Å². The number of rotatable bonds is 4. The summed E-state index contributed by atoms with van der Waals surface area (Å²) in [5.41, 5.74) is 4.06. The zero-order chi connectivity index (χ0) is 19.7. The molecule has 0 spiro atoms. The maximum atomic E-state index is 10.4. The Hall–Kier alpha value is -1.80. The quantitative estimate of drug-likeness (QED) is 0.841. The molecule has 0 aliphatic carbocycles. The number of fused-ring (bicyclic) bond motifs is 1. The van der Waals surface area contributed by atoms with Crippen LogP contribution >= 0.6 is 0 Å². The summed E-state index contributed by atoms with van der Waals surface area (Å²) in [6, 6.07) is 15.6. The van der Waals surface area contributed by atoms with Crippen LogP contribution < -0.4 is 0 Å². The standard InChI is InChI=1S/C22H26O6/c1-13-8-9-16(10-14(13)2)22-26-18-12-25-21(15-6-4-3-5-7-15)28-20(18)19(27-22)17(24)11-23/h3-10,17-24H,11-12H2,1-2H3/t17-,18+,19?,20-,21?,22?/m0/s1. The number of aliphatic hydroxyl groups is 2. The van der Waals surface area contributed by atoms with Gasteiger partial charge < -0.3 is 29.2 Å². The smallest absolute Gasteiger partial charge is 0.184 e. The number of aryl methyl sites for hydroxylation is 2. The Kier molecular flexibility index (Phi) is 5.78. The molecular formula is C22H26O6. The normalized spacial score (nSPS) is 31.2. The van der Waals surface area contributed by atoms with Crippen molar-refractivity contribution in [1.82, 2.24) is 0 Å². The summed E-state index contributed by atoms with van der Waals surface area (Å²) < 4.78 is 24.1. The van der Waals surface area contributed by atoms with Crippen LogP contribution in [0.1, 0.15) is 34.8 Å². The molecule has 0 radical (unpaired) electrons. The lowest BCUT2D eigenvalue weighted by molar-refractivity contribution is -0.373. The third-order valence-corrected chi connectivity index (χ3v) is 5.40. The predicted octanol–water partition coefficient (Wildman–Crippen LogP) is 2.55. The monoisotopic (exact) mass is 386 g/mol. The summed E-state index contributed by atoms with van der Waals surface area (Å²) >= 11 is 0. The minimum Gasteiger partial charge on any atom is -0.394 e. The topological polar surface area (TPSA) is 77.4 Å². The van der Waals surface area contributed by atoms with Gasteiger partial charge in [-0.1, -0.05) is 48.5 Å². The van der Waals surface area contributed by atoms with Crippen LogP contribution in [0.15, 0.2) is 48.5 Å². The Balaban J connectivity index is 1.57. The molecule has 2 aliphatic rings. The molecule has 3 unspecified atom stereocenters. The maximum absolute atomic E-state index is 10.4. The molecule has 28 heavy (non-hydrogen) atoms. The number of benzene rings is 2. The summed E-state index contributed by atoms with van der Waals surface area (Å²) in [5, 5.41) is 19.9. The van der Waals surface area contributed by atoms with Crippen LogP contribution in [0.4, 0.5) is 0 Å². The molecule has 0 saturated carbocycles. The lowest BCUT2D eigenvalue weighted by atomic mass is 9.99. The van der Waals surface area contributed by atoms with Crippen molar-refractivity contribution in [1.29, 1.82) is 0 Å². The zero-order valence-corrected chi connectivity index (χ0v) is 16.0. The van der Waals surface area contributed by atoms with E-state index in [2.05, 4.69) is 0 Å². The van der Waals surface area contributed by atoms with Crippen molar-refractivity contribution in [2.24, 2.45) is 0 Å². The average Bonchev–Trinajstić information content (AvgIpc) is 2.74. The summed E-state index contributed by atoms with van der Waals surface area (Å²) in [6.45, 7) is 3.96. The van der Waals surface area contributed by atoms with E-state index in [1.165, 1.54) is 5.56 Å². The predicted molar refractivity (Wildman–Crippen MR) is 102 cm³/mol. The van der Waals surface area contributed by atoms with Crippen LogP contribution in [0.25, 0.3) is 0 Å². The number of ether oxygens (including phenoxy) is 4. The van der Waals surface area contributed by atoms with Crippen LogP contribution in [-0.4, -0.2) is 47.8 Å². The Bertz CT molecular complexity index is 795. The minimum absolute atomic E-state index is 0.309. The van der Waals surface area contributed by atoms with E-state index in [1.807, 2.05) is 62.4 Å². The Labute approximate surface area is 164 Å². The fourth-order valence-electron chi connectivity index (χ4n) is 3.63. The first-order valence-corrected chi connectivity index (χ1v) is 9.56. The van der Waals surface area contributed by atoms with Gasteiger partial charge in [0, 0.05) is 11.1 Å². The van der Waals surface area contributed by atoms with Crippen molar-refractivity contribution in [3.05, 3.63) is 70.8 Å². The summed E-state index contributed by atoms with van der Waals surface area (Å²) in [4.78, 5) is 0. The van der Waals surface area contributed by atoms with Gasteiger partial charge in [-0.2, -0.15) is 0 Å². The molecule has 2 aliphatic heterocycles. The molecule has 6 heteroatoms. The zero-order valence-electron chi connectivity index (χ0n) is 16.0. The molecule has 4 rings (SSSR count). The van der Waals surface area contributed by atoms with E-state index in [1.54, 1.807) is 0 Å². The van der Waals surface area contributed by atoms with E-state index in [9.17, 15) is 10.2 Å². The lowest BCUT2D eigenvalue weighted by Crippen LogP contribution is -2.58. The van der Waals surface area contributed by atoms with Gasteiger partial charge >= 0.3 is 0 Å². The summed E-state index contributed by atoms with van der Waals surface area (Å²) in [6.07, 6.45) is -4.01. The number of hydrogen-bond donors (Lipinski definition) is 2. The summed E-state index contributed by atoms with van der Waals surface area (Å²) in [5.74, 6) is 0. The first-order chi connectivity index (χ1) is 13.6. The Morgan fingerprint density at radius 2 is 1.71 bits per heavy atom. The van der Waals surface area contributed by atoms with E-state index in [0.717, 1.165) is 16.7 Å². The van der Waals surface area contributed by atoms with Crippen molar-refractivity contribution >= 4 is 0 Å². The van der Waals surface area contributed by atoms with E-state index in [0.29, 0.717) is 6.61 Å². The molecule has 2 saturated heterocycles. The third kappa shape index (κ3) is 3.85. The van der Waals surface area contributed by atoms with Crippen LogP contribution in [-0.2, 0) is 18.9 Å². The highest BCUT2D eigenvalue weighted by atomic mass is 16.8. The van der Waals surface area contributed by atoms with Gasteiger partial charge in [0.2, 0.25) is 0 Å². The third-order valence-electron chi connectivity index (χ3n) is 5.40. The van der Waals surface area contributed by atoms with Gasteiger partial charge in [-0.05, 0) is 25.0 Å². The van der Waals surface area contributed by atoms with Crippen LogP contribution in [0.3, 0.4) is 0 Å². The van der Waals surface area contributed by atoms with Crippen LogP contribution in [0.2, 0.25) is 0 Å². The highest BCUT2D eigenvalue weighted by Crippen LogP contribution is 2.39. The van der Waals surface area contributed by atoms with Crippen LogP contribution in [0.5, 0.6) is 0 Å². The van der Waals surface area contributed by atoms with Gasteiger partial charge in [-0.3, -0.25) is 0 Å². The van der Waals surface area contributed by atoms with Gasteiger partial charge in [0.05, 0.1) is 13.2 Å². The Morgan fingerprint density at radius 3 is 2.43 bits per heavy atom. The van der Waals surface area contributed by atoms with E-state index in [4.69, 9.17) is 18.9 Å². The molecule has 2 aromatic carbocycles. The molecule has 6 nitrogen and oxygen atoms in total. The molecule has 0 bridgehead atoms. The first-order valence-electron chi connectivity index (χ1n) is 9.56. The second-order valence-corrected chi connectivity index (χ2v) is 7.38. The molecule has 2 heterocycles. The summed E-state index contributed by atoms with van der Waals surface area (Å²) in [7, 11) is 0. The molecule has 2 aromatic rings. The molecule has 0 amide bonds. The Morgan fingerprint density at radius 1 is 0.929 bits per heavy atom. The highest BCUT2D eigenvalue weighted by molar-refractivity contribution is 5.30. The molecule has 2 fully saturated rings. The fourth-order valence-corrected chi connectivity index (χ4v) is 3.63. The second kappa shape index (κ2) is 8.29. The highest BCUT2D eigenvalue weighted by Gasteiger charge is 2.48. The molecule has 6 atom stereocenters. The van der Waals surface area contributed by atoms with Crippen molar-refractivity contribution < 1.29 is 29.2 Å². The lowest BCUT2D eigenvalue weighted by Gasteiger charge is -2.47. The van der Waals surface area contributed by atoms with Crippen molar-refractivity contribution in [2.75, 3.05) is 13.2 Å². The average molecular weight is 386 g/mol. The van der Waals surface area contributed by atoms with Crippen molar-refractivity contribution in [3.8, 4) is 0 Å². The van der Waals surface area contributed by atoms with Gasteiger partial charge in [-0.15, -0.1) is 0 Å². The minimum atomic E-state index is -1.08. The van der Waals surface area contributed by atoms with Gasteiger partial charge in [0.25, 0.3) is 0 Å².